The molecule has 0 atom stereocenters. The second kappa shape index (κ2) is 8.60. The zero-order chi connectivity index (χ0) is 22.0. The summed E-state index contributed by atoms with van der Waals surface area (Å²) in [5.41, 5.74) is 1.81. The average Bonchev–Trinajstić information content (AvgIpc) is 3.21. The van der Waals surface area contributed by atoms with Crippen LogP contribution in [0.2, 0.25) is 0 Å². The molecule has 2 N–H and O–H groups in total. The van der Waals surface area contributed by atoms with E-state index in [2.05, 4.69) is 20.4 Å². The summed E-state index contributed by atoms with van der Waals surface area (Å²) in [6.07, 6.45) is 0.271. The lowest BCUT2D eigenvalue weighted by molar-refractivity contribution is 0.296. The maximum atomic E-state index is 14.3. The Balaban J connectivity index is 1.79. The monoisotopic (exact) mass is 427 g/mol. The lowest BCUT2D eigenvalue weighted by atomic mass is 10.2. The first-order chi connectivity index (χ1) is 15.1. The number of aliphatic hydroxyl groups is 1. The van der Waals surface area contributed by atoms with E-state index in [0.717, 1.165) is 5.56 Å². The van der Waals surface area contributed by atoms with E-state index in [1.54, 1.807) is 20.3 Å². The summed E-state index contributed by atoms with van der Waals surface area (Å²) < 4.78 is 31.6. The smallest absolute Gasteiger partial charge is 0.226 e. The zero-order valence-corrected chi connectivity index (χ0v) is 17.3. The van der Waals surface area contributed by atoms with Gasteiger partial charge in [-0.3, -0.25) is 0 Å². The van der Waals surface area contributed by atoms with Gasteiger partial charge in [0.2, 0.25) is 5.95 Å². The largest absolute Gasteiger partial charge is 0.497 e. The van der Waals surface area contributed by atoms with Crippen molar-refractivity contribution in [2.75, 3.05) is 33.3 Å². The van der Waals surface area contributed by atoms with Crippen LogP contribution in [0.3, 0.4) is 0 Å². The van der Waals surface area contributed by atoms with Gasteiger partial charge in [0.15, 0.2) is 23.0 Å². The molecule has 0 unspecified atom stereocenters. The molecule has 2 aromatic heterocycles. The van der Waals surface area contributed by atoms with Gasteiger partial charge in [0, 0.05) is 36.0 Å². The summed E-state index contributed by atoms with van der Waals surface area (Å²) in [6.45, 7) is 0.282. The number of hydrogen-bond donors (Lipinski definition) is 2. The molecule has 0 aliphatic heterocycles. The highest BCUT2D eigenvalue weighted by molar-refractivity contribution is 5.93. The van der Waals surface area contributed by atoms with Crippen LogP contribution < -0.4 is 19.5 Å². The van der Waals surface area contributed by atoms with Crippen LogP contribution in [0.15, 0.2) is 30.3 Å². The molecule has 10 heteroatoms. The van der Waals surface area contributed by atoms with Crippen LogP contribution in [0, 0.1) is 5.82 Å². The van der Waals surface area contributed by atoms with Crippen LogP contribution >= 0.6 is 0 Å². The minimum atomic E-state index is -0.519. The maximum Gasteiger partial charge on any atom is 0.226 e. The van der Waals surface area contributed by atoms with Crippen LogP contribution in [-0.2, 0) is 13.0 Å². The molecule has 2 aromatic carbocycles. The molecule has 0 bridgehead atoms. The molecule has 0 saturated heterocycles. The Hall–Kier alpha value is -3.66. The number of rotatable bonds is 8. The molecule has 0 fully saturated rings. The van der Waals surface area contributed by atoms with Crippen LogP contribution in [-0.4, -0.2) is 52.6 Å². The van der Waals surface area contributed by atoms with Crippen LogP contribution in [0.1, 0.15) is 11.4 Å². The van der Waals surface area contributed by atoms with Crippen molar-refractivity contribution in [1.82, 2.24) is 19.6 Å². The van der Waals surface area contributed by atoms with E-state index in [1.165, 1.54) is 23.8 Å². The number of halogens is 1. The summed E-state index contributed by atoms with van der Waals surface area (Å²) in [5.74, 6) is 1.75. The maximum absolute atomic E-state index is 14.3. The summed E-state index contributed by atoms with van der Waals surface area (Å²) >= 11 is 0. The molecule has 162 valence electrons. The molecule has 0 aliphatic carbocycles. The average molecular weight is 427 g/mol. The molecular weight excluding hydrogens is 405 g/mol. The van der Waals surface area contributed by atoms with Gasteiger partial charge < -0.3 is 24.6 Å². The van der Waals surface area contributed by atoms with E-state index >= 15 is 0 Å². The van der Waals surface area contributed by atoms with Crippen molar-refractivity contribution in [1.29, 1.82) is 0 Å². The predicted molar refractivity (Wildman–Crippen MR) is 112 cm³/mol. The number of anilines is 1. The number of ether oxygens (including phenoxy) is 3. The van der Waals surface area contributed by atoms with Crippen molar-refractivity contribution in [3.8, 4) is 17.2 Å². The summed E-state index contributed by atoms with van der Waals surface area (Å²) in [6, 6.07) is 8.36. The van der Waals surface area contributed by atoms with Crippen molar-refractivity contribution in [2.24, 2.45) is 0 Å². The Morgan fingerprint density at radius 1 is 1.03 bits per heavy atom. The molecule has 9 nitrogen and oxygen atoms in total. The van der Waals surface area contributed by atoms with Crippen molar-refractivity contribution < 1.29 is 23.7 Å². The SMILES string of the molecule is COc1ccc(CNc2nc3cc(OC)c(F)cc3c3nc(CCO)nn23)c(OC)c1. The first kappa shape index (κ1) is 20.6. The minimum Gasteiger partial charge on any atom is -0.497 e. The van der Waals surface area contributed by atoms with Gasteiger partial charge in [-0.2, -0.15) is 4.52 Å². The summed E-state index contributed by atoms with van der Waals surface area (Å²) in [4.78, 5) is 9.07. The number of nitrogens with one attached hydrogen (secondary N) is 1. The Morgan fingerprint density at radius 3 is 2.55 bits per heavy atom. The Labute approximate surface area is 177 Å². The quantitative estimate of drug-likeness (QED) is 0.442. The van der Waals surface area contributed by atoms with Crippen molar-refractivity contribution in [3.63, 3.8) is 0 Å². The van der Waals surface area contributed by atoms with E-state index in [-0.39, 0.29) is 18.8 Å². The summed E-state index contributed by atoms with van der Waals surface area (Å²) in [5, 5.41) is 17.4. The predicted octanol–water partition coefficient (Wildman–Crippen LogP) is 2.59. The van der Waals surface area contributed by atoms with Gasteiger partial charge in [-0.25, -0.2) is 14.4 Å². The Kier molecular flexibility index (Phi) is 5.72. The number of aromatic nitrogens is 4. The highest BCUT2D eigenvalue weighted by atomic mass is 19.1. The van der Waals surface area contributed by atoms with Gasteiger partial charge in [-0.15, -0.1) is 5.10 Å². The number of fused-ring (bicyclic) bond motifs is 3. The first-order valence-electron chi connectivity index (χ1n) is 9.56. The third-order valence-electron chi connectivity index (χ3n) is 4.86. The normalized spacial score (nSPS) is 11.1. The lowest BCUT2D eigenvalue weighted by Gasteiger charge is -2.13. The van der Waals surface area contributed by atoms with Crippen LogP contribution in [0.4, 0.5) is 10.3 Å². The second-order valence-corrected chi connectivity index (χ2v) is 6.71. The minimum absolute atomic E-state index is 0.0854. The first-order valence-corrected chi connectivity index (χ1v) is 9.56. The fourth-order valence-corrected chi connectivity index (χ4v) is 3.30. The molecule has 2 heterocycles. The zero-order valence-electron chi connectivity index (χ0n) is 17.3. The van der Waals surface area contributed by atoms with Gasteiger partial charge in [0.25, 0.3) is 0 Å². The number of hydrogen-bond acceptors (Lipinski definition) is 8. The summed E-state index contributed by atoms with van der Waals surface area (Å²) in [7, 11) is 4.58. The molecule has 0 spiro atoms. The van der Waals surface area contributed by atoms with E-state index in [4.69, 9.17) is 14.2 Å². The van der Waals surface area contributed by atoms with Crippen molar-refractivity contribution >= 4 is 22.5 Å². The standard InChI is InChI=1S/C21H22FN5O4/c1-29-13-5-4-12(17(8-13)30-2)11-23-21-24-16-10-18(31-3)15(22)9-14(16)20-25-19(6-7-28)26-27(20)21/h4-5,8-10,28H,6-7,11H2,1-3H3,(H,23,24). The fraction of sp³-hybridized carbons (Fsp3) is 0.286. The number of aliphatic hydroxyl groups excluding tert-OH is 1. The lowest BCUT2D eigenvalue weighted by Crippen LogP contribution is -2.09. The van der Waals surface area contributed by atoms with Gasteiger partial charge >= 0.3 is 0 Å². The van der Waals surface area contributed by atoms with Gasteiger partial charge in [-0.05, 0) is 18.2 Å². The Bertz CT molecular complexity index is 1240. The molecule has 4 aromatic rings. The van der Waals surface area contributed by atoms with E-state index in [0.29, 0.717) is 46.4 Å². The van der Waals surface area contributed by atoms with Crippen LogP contribution in [0.5, 0.6) is 17.2 Å². The number of nitrogens with zero attached hydrogens (tertiary/aromatic N) is 4. The molecule has 0 radical (unpaired) electrons. The second-order valence-electron chi connectivity index (χ2n) is 6.71. The van der Waals surface area contributed by atoms with E-state index < -0.39 is 5.82 Å². The van der Waals surface area contributed by atoms with Crippen molar-refractivity contribution in [3.05, 3.63) is 47.5 Å². The van der Waals surface area contributed by atoms with Gasteiger partial charge in [-0.1, -0.05) is 0 Å². The van der Waals surface area contributed by atoms with Gasteiger partial charge in [0.1, 0.15) is 11.5 Å². The number of benzene rings is 2. The molecule has 0 aliphatic rings. The van der Waals surface area contributed by atoms with E-state index in [1.807, 2.05) is 12.1 Å². The molecule has 0 saturated carbocycles. The molecule has 0 amide bonds. The topological polar surface area (TPSA) is 103 Å². The van der Waals surface area contributed by atoms with Crippen LogP contribution in [0.25, 0.3) is 16.6 Å². The highest BCUT2D eigenvalue weighted by Gasteiger charge is 2.17. The molecular formula is C21H22FN5O4. The fourth-order valence-electron chi connectivity index (χ4n) is 3.30. The third kappa shape index (κ3) is 3.89. The molecule has 4 rings (SSSR count). The highest BCUT2D eigenvalue weighted by Crippen LogP contribution is 2.29. The van der Waals surface area contributed by atoms with Crippen molar-refractivity contribution in [2.45, 2.75) is 13.0 Å². The third-order valence-corrected chi connectivity index (χ3v) is 4.86. The van der Waals surface area contributed by atoms with Gasteiger partial charge in [0.05, 0.1) is 33.5 Å². The Morgan fingerprint density at radius 2 is 1.84 bits per heavy atom. The number of methoxy groups -OCH3 is 3. The van der Waals surface area contributed by atoms with E-state index in [9.17, 15) is 9.50 Å². The molecule has 31 heavy (non-hydrogen) atoms.